The maximum Gasteiger partial charge on any atom is 0.262 e. The average molecular weight is 296 g/mol. The molecule has 0 fully saturated rings. The molecule has 0 aliphatic rings. The van der Waals surface area contributed by atoms with Crippen LogP contribution in [-0.2, 0) is 4.79 Å². The van der Waals surface area contributed by atoms with E-state index in [-0.39, 0.29) is 5.91 Å². The molecule has 0 aliphatic carbocycles. The molecule has 2 aromatic rings. The highest BCUT2D eigenvalue weighted by molar-refractivity contribution is 7.27. The summed E-state index contributed by atoms with van der Waals surface area (Å²) in [7, 11) is 0. The van der Waals surface area contributed by atoms with Crippen molar-refractivity contribution in [1.29, 1.82) is 0 Å². The van der Waals surface area contributed by atoms with E-state index < -0.39 is 11.9 Å². The fourth-order valence-electron chi connectivity index (χ4n) is 1.82. The molecule has 1 unspecified atom stereocenters. The Hall–Kier alpha value is -1.40. The van der Waals surface area contributed by atoms with Crippen molar-refractivity contribution in [1.82, 2.24) is 5.32 Å². The summed E-state index contributed by atoms with van der Waals surface area (Å²) in [6.07, 6.45) is 0.556. The lowest BCUT2D eigenvalue weighted by Crippen LogP contribution is -2.45. The summed E-state index contributed by atoms with van der Waals surface area (Å²) in [5.41, 5.74) is 5.32. The quantitative estimate of drug-likeness (QED) is 0.890. The smallest absolute Gasteiger partial charge is 0.262 e. The molecule has 0 aromatic carbocycles. The number of amides is 2. The number of hydrogen-bond acceptors (Lipinski definition) is 4. The minimum Gasteiger partial charge on any atom is -0.368 e. The highest BCUT2D eigenvalue weighted by Crippen LogP contribution is 2.29. The molecule has 2 aromatic heterocycles. The molecular formula is C13H16N2O2S2. The summed E-state index contributed by atoms with van der Waals surface area (Å²) in [6, 6.07) is 3.24. The van der Waals surface area contributed by atoms with Crippen molar-refractivity contribution in [2.45, 2.75) is 26.3 Å². The summed E-state index contributed by atoms with van der Waals surface area (Å²) >= 11 is 3.03. The monoisotopic (exact) mass is 296 g/mol. The zero-order valence-corrected chi connectivity index (χ0v) is 12.4. The predicted octanol–water partition coefficient (Wildman–Crippen LogP) is 2.59. The van der Waals surface area contributed by atoms with Crippen molar-refractivity contribution in [3.63, 3.8) is 0 Å². The van der Waals surface area contributed by atoms with E-state index in [1.807, 2.05) is 31.4 Å². The third-order valence-electron chi connectivity index (χ3n) is 2.72. The zero-order chi connectivity index (χ0) is 14.0. The third-order valence-corrected chi connectivity index (χ3v) is 4.81. The van der Waals surface area contributed by atoms with E-state index >= 15 is 0 Å². The van der Waals surface area contributed by atoms with Gasteiger partial charge in [0.1, 0.15) is 6.04 Å². The minimum absolute atomic E-state index is 0.224. The Morgan fingerprint density at radius 2 is 2.11 bits per heavy atom. The highest BCUT2D eigenvalue weighted by atomic mass is 32.1. The molecule has 19 heavy (non-hydrogen) atoms. The molecule has 0 radical (unpaired) electrons. The van der Waals surface area contributed by atoms with Gasteiger partial charge in [-0.25, -0.2) is 0 Å². The number of fused-ring (bicyclic) bond motifs is 1. The largest absolute Gasteiger partial charge is 0.368 e. The van der Waals surface area contributed by atoms with Gasteiger partial charge in [-0.1, -0.05) is 13.8 Å². The average Bonchev–Trinajstić information content (AvgIpc) is 2.86. The van der Waals surface area contributed by atoms with E-state index in [1.165, 1.54) is 11.3 Å². The van der Waals surface area contributed by atoms with Crippen molar-refractivity contribution < 1.29 is 9.59 Å². The van der Waals surface area contributed by atoms with E-state index in [4.69, 9.17) is 5.73 Å². The maximum absolute atomic E-state index is 12.1. The van der Waals surface area contributed by atoms with Gasteiger partial charge in [0.2, 0.25) is 5.91 Å². The molecule has 3 N–H and O–H groups in total. The Balaban J connectivity index is 2.10. The summed E-state index contributed by atoms with van der Waals surface area (Å²) in [6.45, 7) is 3.98. The number of thiophene rings is 2. The fraction of sp³-hybridized carbons (Fsp3) is 0.385. The van der Waals surface area contributed by atoms with Crippen molar-refractivity contribution in [3.8, 4) is 0 Å². The Morgan fingerprint density at radius 3 is 2.68 bits per heavy atom. The van der Waals surface area contributed by atoms with Crippen LogP contribution in [0.1, 0.15) is 29.9 Å². The van der Waals surface area contributed by atoms with Gasteiger partial charge in [0, 0.05) is 9.40 Å². The van der Waals surface area contributed by atoms with E-state index in [2.05, 4.69) is 5.32 Å². The molecule has 2 heterocycles. The van der Waals surface area contributed by atoms with Gasteiger partial charge in [-0.3, -0.25) is 9.59 Å². The normalized spacial score (nSPS) is 12.8. The summed E-state index contributed by atoms with van der Waals surface area (Å²) in [5, 5.41) is 4.71. The van der Waals surface area contributed by atoms with Crippen LogP contribution in [0.4, 0.5) is 0 Å². The van der Waals surface area contributed by atoms with Crippen LogP contribution in [-0.4, -0.2) is 17.9 Å². The number of nitrogens with one attached hydrogen (secondary N) is 1. The maximum atomic E-state index is 12.1. The minimum atomic E-state index is -0.604. The predicted molar refractivity (Wildman–Crippen MR) is 79.6 cm³/mol. The first kappa shape index (κ1) is 14.0. The van der Waals surface area contributed by atoms with Crippen LogP contribution in [0.15, 0.2) is 17.5 Å². The molecule has 2 amide bonds. The van der Waals surface area contributed by atoms with Crippen LogP contribution in [0, 0.1) is 5.92 Å². The van der Waals surface area contributed by atoms with E-state index in [0.717, 1.165) is 9.40 Å². The van der Waals surface area contributed by atoms with Gasteiger partial charge in [-0.05, 0) is 29.9 Å². The van der Waals surface area contributed by atoms with Crippen LogP contribution in [0.2, 0.25) is 0 Å². The van der Waals surface area contributed by atoms with Crippen molar-refractivity contribution in [2.24, 2.45) is 11.7 Å². The van der Waals surface area contributed by atoms with Crippen LogP contribution in [0.5, 0.6) is 0 Å². The summed E-state index contributed by atoms with van der Waals surface area (Å²) < 4.78 is 2.18. The molecule has 4 nitrogen and oxygen atoms in total. The van der Waals surface area contributed by atoms with Crippen molar-refractivity contribution >= 4 is 43.9 Å². The summed E-state index contributed by atoms with van der Waals surface area (Å²) in [5.74, 6) is -0.414. The van der Waals surface area contributed by atoms with Gasteiger partial charge in [0.05, 0.1) is 4.88 Å². The second-order valence-electron chi connectivity index (χ2n) is 4.82. The molecule has 1 atom stereocenters. The SMILES string of the molecule is CC(C)CC(NC(=O)c1cc2sccc2s1)C(N)=O. The van der Waals surface area contributed by atoms with Crippen LogP contribution < -0.4 is 11.1 Å². The first-order valence-corrected chi connectivity index (χ1v) is 7.74. The number of rotatable bonds is 5. The second kappa shape index (κ2) is 5.71. The van der Waals surface area contributed by atoms with Crippen molar-refractivity contribution in [3.05, 3.63) is 22.4 Å². The highest BCUT2D eigenvalue weighted by Gasteiger charge is 2.21. The van der Waals surface area contributed by atoms with Crippen LogP contribution in [0.3, 0.4) is 0 Å². The van der Waals surface area contributed by atoms with E-state index in [0.29, 0.717) is 17.2 Å². The Kier molecular flexibility index (Phi) is 4.21. The number of nitrogens with two attached hydrogens (primary N) is 1. The Labute approximate surface area is 119 Å². The third kappa shape index (κ3) is 3.33. The number of carbonyl (C=O) groups is 2. The topological polar surface area (TPSA) is 72.2 Å². The van der Waals surface area contributed by atoms with Gasteiger partial charge in [-0.2, -0.15) is 0 Å². The van der Waals surface area contributed by atoms with Crippen LogP contribution >= 0.6 is 22.7 Å². The first-order valence-electron chi connectivity index (χ1n) is 6.04. The van der Waals surface area contributed by atoms with Crippen LogP contribution in [0.25, 0.3) is 9.40 Å². The van der Waals surface area contributed by atoms with Gasteiger partial charge >= 0.3 is 0 Å². The molecule has 6 heteroatoms. The molecule has 0 saturated carbocycles. The first-order chi connectivity index (χ1) is 8.97. The standard InChI is InChI=1S/C13H16N2O2S2/c1-7(2)5-8(12(14)16)15-13(17)11-6-10-9(19-11)3-4-18-10/h3-4,6-8H,5H2,1-2H3,(H2,14,16)(H,15,17). The Morgan fingerprint density at radius 1 is 1.37 bits per heavy atom. The number of primary amides is 1. The lowest BCUT2D eigenvalue weighted by Gasteiger charge is -2.16. The molecule has 102 valence electrons. The van der Waals surface area contributed by atoms with Crippen molar-refractivity contribution in [2.75, 3.05) is 0 Å². The molecule has 0 aliphatic heterocycles. The van der Waals surface area contributed by atoms with Gasteiger partial charge in [-0.15, -0.1) is 22.7 Å². The lowest BCUT2D eigenvalue weighted by molar-refractivity contribution is -0.120. The number of carbonyl (C=O) groups excluding carboxylic acids is 2. The molecular weight excluding hydrogens is 280 g/mol. The fourth-order valence-corrected chi connectivity index (χ4v) is 3.84. The van der Waals surface area contributed by atoms with Gasteiger partial charge in [0.15, 0.2) is 0 Å². The molecule has 0 saturated heterocycles. The molecule has 0 bridgehead atoms. The Bertz CT molecular complexity index is 572. The molecule has 2 rings (SSSR count). The summed E-state index contributed by atoms with van der Waals surface area (Å²) in [4.78, 5) is 24.1. The van der Waals surface area contributed by atoms with Gasteiger partial charge < -0.3 is 11.1 Å². The van der Waals surface area contributed by atoms with E-state index in [1.54, 1.807) is 11.3 Å². The molecule has 0 spiro atoms. The zero-order valence-electron chi connectivity index (χ0n) is 10.8. The lowest BCUT2D eigenvalue weighted by atomic mass is 10.0. The second-order valence-corrected chi connectivity index (χ2v) is 6.85. The number of hydrogen-bond donors (Lipinski definition) is 2. The van der Waals surface area contributed by atoms with Gasteiger partial charge in [0.25, 0.3) is 5.91 Å². The van der Waals surface area contributed by atoms with E-state index in [9.17, 15) is 9.59 Å².